The molecule has 76 valence electrons. The molecule has 3 heteroatoms. The molecule has 0 aromatic rings. The van der Waals surface area contributed by atoms with Crippen molar-refractivity contribution in [2.24, 2.45) is 0 Å². The molecule has 0 saturated heterocycles. The Morgan fingerprint density at radius 1 is 1.46 bits per heavy atom. The summed E-state index contributed by atoms with van der Waals surface area (Å²) in [6.45, 7) is 7.17. The second-order valence-corrected chi connectivity index (χ2v) is 3.26. The average Bonchev–Trinajstić information content (AvgIpc) is 2.02. The first-order valence-corrected chi connectivity index (χ1v) is 4.78. The summed E-state index contributed by atoms with van der Waals surface area (Å²) >= 11 is 0. The normalized spacial score (nSPS) is 11.1. The first kappa shape index (κ1) is 12.2. The Labute approximate surface area is 80.6 Å². The van der Waals surface area contributed by atoms with Gasteiger partial charge in [0.2, 0.25) is 5.91 Å². The quantitative estimate of drug-likeness (QED) is 0.479. The minimum Gasteiger partial charge on any atom is -0.353 e. The maximum Gasteiger partial charge on any atom is 0.234 e. The van der Waals surface area contributed by atoms with E-state index in [-0.39, 0.29) is 11.9 Å². The van der Waals surface area contributed by atoms with Crippen molar-refractivity contribution in [3.05, 3.63) is 12.2 Å². The Bertz CT molecular complexity index is 164. The Balaban J connectivity index is 3.27. The summed E-state index contributed by atoms with van der Waals surface area (Å²) in [5, 5.41) is 5.88. The van der Waals surface area contributed by atoms with Crippen LogP contribution in [0.5, 0.6) is 0 Å². The molecule has 2 N–H and O–H groups in total. The molecule has 13 heavy (non-hydrogen) atoms. The van der Waals surface area contributed by atoms with Crippen LogP contribution in [0.1, 0.15) is 27.2 Å². The third-order valence-electron chi connectivity index (χ3n) is 1.46. The molecule has 0 heterocycles. The highest BCUT2D eigenvalue weighted by molar-refractivity contribution is 5.78. The summed E-state index contributed by atoms with van der Waals surface area (Å²) in [6, 6.07) is 0.227. The highest BCUT2D eigenvalue weighted by Crippen LogP contribution is 1.79. The second-order valence-electron chi connectivity index (χ2n) is 3.26. The number of allylic oxidation sites excluding steroid dienone is 1. The first-order chi connectivity index (χ1) is 6.16. The molecule has 1 amide bonds. The van der Waals surface area contributed by atoms with E-state index < -0.39 is 0 Å². The zero-order valence-electron chi connectivity index (χ0n) is 8.76. The number of amides is 1. The van der Waals surface area contributed by atoms with Gasteiger partial charge >= 0.3 is 0 Å². The van der Waals surface area contributed by atoms with Crippen LogP contribution in [-0.2, 0) is 4.79 Å². The number of hydrogen-bond acceptors (Lipinski definition) is 2. The molecule has 0 aliphatic heterocycles. The molecule has 3 nitrogen and oxygen atoms in total. The summed E-state index contributed by atoms with van der Waals surface area (Å²) in [4.78, 5) is 11.1. The molecule has 0 saturated carbocycles. The lowest BCUT2D eigenvalue weighted by Crippen LogP contribution is -2.37. The average molecular weight is 184 g/mol. The van der Waals surface area contributed by atoms with Crippen LogP contribution in [0.3, 0.4) is 0 Å². The van der Waals surface area contributed by atoms with Crippen LogP contribution in [0.15, 0.2) is 12.2 Å². The Morgan fingerprint density at radius 3 is 2.69 bits per heavy atom. The van der Waals surface area contributed by atoms with Crippen molar-refractivity contribution < 1.29 is 4.79 Å². The molecule has 0 bridgehead atoms. The predicted molar refractivity (Wildman–Crippen MR) is 55.6 cm³/mol. The maximum atomic E-state index is 11.1. The third kappa shape index (κ3) is 9.08. The number of nitrogens with one attached hydrogen (secondary N) is 2. The van der Waals surface area contributed by atoms with Crippen LogP contribution < -0.4 is 10.6 Å². The third-order valence-corrected chi connectivity index (χ3v) is 1.46. The van der Waals surface area contributed by atoms with Gasteiger partial charge in [0.25, 0.3) is 0 Å². The first-order valence-electron chi connectivity index (χ1n) is 4.78. The van der Waals surface area contributed by atoms with Gasteiger partial charge in [0.05, 0.1) is 6.54 Å². The van der Waals surface area contributed by atoms with Gasteiger partial charge in [-0.1, -0.05) is 12.2 Å². The lowest BCUT2D eigenvalue weighted by molar-refractivity contribution is -0.120. The van der Waals surface area contributed by atoms with Crippen LogP contribution in [0.2, 0.25) is 0 Å². The lowest BCUT2D eigenvalue weighted by Gasteiger charge is -2.08. The summed E-state index contributed by atoms with van der Waals surface area (Å²) in [6.07, 6.45) is 5.06. The largest absolute Gasteiger partial charge is 0.353 e. The van der Waals surface area contributed by atoms with Crippen LogP contribution in [0, 0.1) is 0 Å². The fourth-order valence-electron chi connectivity index (χ4n) is 0.927. The molecule has 0 aromatic carbocycles. The molecule has 0 radical (unpaired) electrons. The number of carbonyl (C=O) groups excluding carboxylic acids is 1. The van der Waals surface area contributed by atoms with E-state index in [4.69, 9.17) is 0 Å². The molecular formula is C10H20N2O. The van der Waals surface area contributed by atoms with Gasteiger partial charge in [-0.05, 0) is 33.7 Å². The van der Waals surface area contributed by atoms with Gasteiger partial charge in [0, 0.05) is 6.04 Å². The highest BCUT2D eigenvalue weighted by atomic mass is 16.1. The van der Waals surface area contributed by atoms with Crippen molar-refractivity contribution in [2.45, 2.75) is 33.2 Å². The Hall–Kier alpha value is -0.830. The van der Waals surface area contributed by atoms with Gasteiger partial charge in [-0.3, -0.25) is 4.79 Å². The summed E-state index contributed by atoms with van der Waals surface area (Å²) in [5.41, 5.74) is 0. The maximum absolute atomic E-state index is 11.1. The minimum absolute atomic E-state index is 0.0653. The molecule has 0 aliphatic carbocycles. The van der Waals surface area contributed by atoms with E-state index >= 15 is 0 Å². The molecule has 0 aliphatic rings. The van der Waals surface area contributed by atoms with Gasteiger partial charge in [-0.25, -0.2) is 0 Å². The van der Waals surface area contributed by atoms with Crippen LogP contribution in [0.4, 0.5) is 0 Å². The van der Waals surface area contributed by atoms with Crippen LogP contribution in [-0.4, -0.2) is 25.0 Å². The number of hydrogen-bond donors (Lipinski definition) is 2. The summed E-state index contributed by atoms with van der Waals surface area (Å²) < 4.78 is 0. The minimum atomic E-state index is 0.0653. The van der Waals surface area contributed by atoms with E-state index in [1.54, 1.807) is 0 Å². The standard InChI is InChI=1S/C10H20N2O/c1-4-5-6-7-11-8-10(13)12-9(2)3/h4-5,9,11H,6-8H2,1-3H3,(H,12,13)/b5-4+. The number of carbonyl (C=O) groups is 1. The molecule has 0 fully saturated rings. The van der Waals surface area contributed by atoms with E-state index in [0.717, 1.165) is 13.0 Å². The van der Waals surface area contributed by atoms with Gasteiger partial charge in [-0.15, -0.1) is 0 Å². The highest BCUT2D eigenvalue weighted by Gasteiger charge is 2.00. The smallest absolute Gasteiger partial charge is 0.234 e. The van der Waals surface area contributed by atoms with Crippen molar-refractivity contribution in [3.8, 4) is 0 Å². The zero-order chi connectivity index (χ0) is 10.1. The van der Waals surface area contributed by atoms with Crippen molar-refractivity contribution in [1.29, 1.82) is 0 Å². The zero-order valence-corrected chi connectivity index (χ0v) is 8.76. The summed E-state index contributed by atoms with van der Waals surface area (Å²) in [5.74, 6) is 0.0653. The Morgan fingerprint density at radius 2 is 2.15 bits per heavy atom. The predicted octanol–water partition coefficient (Wildman–Crippen LogP) is 1.07. The van der Waals surface area contributed by atoms with Gasteiger partial charge in [0.1, 0.15) is 0 Å². The number of rotatable bonds is 6. The molecule has 0 rings (SSSR count). The van der Waals surface area contributed by atoms with Gasteiger partial charge in [0.15, 0.2) is 0 Å². The van der Waals surface area contributed by atoms with Crippen molar-refractivity contribution >= 4 is 5.91 Å². The van der Waals surface area contributed by atoms with E-state index in [9.17, 15) is 4.79 Å². The van der Waals surface area contributed by atoms with E-state index in [1.165, 1.54) is 0 Å². The fourth-order valence-corrected chi connectivity index (χ4v) is 0.927. The van der Waals surface area contributed by atoms with Crippen LogP contribution >= 0.6 is 0 Å². The van der Waals surface area contributed by atoms with Crippen molar-refractivity contribution in [3.63, 3.8) is 0 Å². The van der Waals surface area contributed by atoms with Crippen molar-refractivity contribution in [1.82, 2.24) is 10.6 Å². The molecule has 0 aromatic heterocycles. The van der Waals surface area contributed by atoms with Gasteiger partial charge < -0.3 is 10.6 Å². The van der Waals surface area contributed by atoms with E-state index in [0.29, 0.717) is 6.54 Å². The second kappa shape index (κ2) is 7.80. The molecular weight excluding hydrogens is 164 g/mol. The SMILES string of the molecule is C/C=C/CCNCC(=O)NC(C)C. The van der Waals surface area contributed by atoms with Crippen molar-refractivity contribution in [2.75, 3.05) is 13.1 Å². The molecule has 0 unspecified atom stereocenters. The Kier molecular flexibility index (Phi) is 7.30. The molecule has 0 spiro atoms. The lowest BCUT2D eigenvalue weighted by atomic mass is 10.3. The van der Waals surface area contributed by atoms with Gasteiger partial charge in [-0.2, -0.15) is 0 Å². The monoisotopic (exact) mass is 184 g/mol. The van der Waals surface area contributed by atoms with E-state index in [1.807, 2.05) is 26.8 Å². The fraction of sp³-hybridized carbons (Fsp3) is 0.700. The topological polar surface area (TPSA) is 41.1 Å². The molecule has 0 atom stereocenters. The van der Waals surface area contributed by atoms with Crippen LogP contribution in [0.25, 0.3) is 0 Å². The van der Waals surface area contributed by atoms with E-state index in [2.05, 4.69) is 16.7 Å². The summed E-state index contributed by atoms with van der Waals surface area (Å²) in [7, 11) is 0.